The molecule has 0 unspecified atom stereocenters. The van der Waals surface area contributed by atoms with Gasteiger partial charge in [0, 0.05) is 37.6 Å². The van der Waals surface area contributed by atoms with Crippen LogP contribution in [0, 0.1) is 5.82 Å². The van der Waals surface area contributed by atoms with Gasteiger partial charge in [0.15, 0.2) is 0 Å². The molecule has 0 radical (unpaired) electrons. The molecule has 1 N–H and O–H groups in total. The first-order valence-corrected chi connectivity index (χ1v) is 8.40. The maximum absolute atomic E-state index is 13.1. The van der Waals surface area contributed by atoms with E-state index in [1.807, 2.05) is 0 Å². The number of halogens is 1. The zero-order valence-electron chi connectivity index (χ0n) is 12.6. The Morgan fingerprint density at radius 3 is 2.41 bits per heavy atom. The molecule has 1 fully saturated rings. The first kappa shape index (κ1) is 15.4. The Hall–Kier alpha value is -1.50. The third-order valence-electron chi connectivity index (χ3n) is 4.13. The molecule has 0 aliphatic carbocycles. The quantitative estimate of drug-likeness (QED) is 0.940. The minimum atomic E-state index is -0.265. The lowest BCUT2D eigenvalue weighted by Gasteiger charge is -2.33. The van der Waals surface area contributed by atoms with Gasteiger partial charge in [0.25, 0.3) is 0 Å². The van der Waals surface area contributed by atoms with Gasteiger partial charge in [-0.15, -0.1) is 0 Å². The number of H-pyrrole nitrogens is 1. The predicted molar refractivity (Wildman–Crippen MR) is 87.7 cm³/mol. The number of aromatic amines is 1. The summed E-state index contributed by atoms with van der Waals surface area (Å²) in [6.07, 6.45) is 0. The molecule has 0 atom stereocenters. The molecule has 3 rings (SSSR count). The van der Waals surface area contributed by atoms with Crippen LogP contribution in [-0.4, -0.2) is 47.5 Å². The van der Waals surface area contributed by atoms with Crippen LogP contribution in [0.25, 0.3) is 11.3 Å². The zero-order valence-corrected chi connectivity index (χ0v) is 13.5. The number of hydrogen-bond donors (Lipinski definition) is 1. The van der Waals surface area contributed by atoms with Crippen molar-refractivity contribution in [2.75, 3.05) is 32.7 Å². The molecular formula is C16H20FN3OS. The molecule has 2 aromatic rings. The second kappa shape index (κ2) is 6.73. The molecule has 22 heavy (non-hydrogen) atoms. The molecule has 0 amide bonds. The molecule has 1 aliphatic rings. The van der Waals surface area contributed by atoms with Crippen molar-refractivity contribution in [3.63, 3.8) is 0 Å². The van der Waals surface area contributed by atoms with Gasteiger partial charge in [-0.25, -0.2) is 4.39 Å². The molecule has 0 saturated carbocycles. The van der Waals surface area contributed by atoms with Gasteiger partial charge >= 0.3 is 4.87 Å². The molecule has 1 aromatic heterocycles. The number of rotatable bonds is 4. The molecule has 0 bridgehead atoms. The van der Waals surface area contributed by atoms with Crippen LogP contribution < -0.4 is 4.87 Å². The van der Waals surface area contributed by atoms with E-state index in [-0.39, 0.29) is 10.7 Å². The van der Waals surface area contributed by atoms with E-state index in [0.717, 1.165) is 55.4 Å². The van der Waals surface area contributed by atoms with Crippen molar-refractivity contribution < 1.29 is 4.39 Å². The van der Waals surface area contributed by atoms with Gasteiger partial charge in [0.2, 0.25) is 0 Å². The van der Waals surface area contributed by atoms with E-state index < -0.39 is 0 Å². The second-order valence-electron chi connectivity index (χ2n) is 5.53. The Bertz CT molecular complexity index is 671. The molecule has 1 aromatic carbocycles. The fraction of sp³-hybridized carbons (Fsp3) is 0.438. The number of thiazole rings is 1. The molecule has 2 heterocycles. The van der Waals surface area contributed by atoms with Crippen LogP contribution in [0.5, 0.6) is 0 Å². The third kappa shape index (κ3) is 3.45. The van der Waals surface area contributed by atoms with Crippen LogP contribution in [0.4, 0.5) is 4.39 Å². The lowest BCUT2D eigenvalue weighted by molar-refractivity contribution is 0.133. The summed E-state index contributed by atoms with van der Waals surface area (Å²) in [5.41, 5.74) is 1.69. The number of piperazine rings is 1. The SMILES string of the molecule is CCN1CCN(Cc2sc(=O)[nH]c2-c2ccc(F)cc2)CC1. The van der Waals surface area contributed by atoms with Crippen molar-refractivity contribution in [1.82, 2.24) is 14.8 Å². The maximum atomic E-state index is 13.1. The number of nitrogens with zero attached hydrogens (tertiary/aromatic N) is 2. The first-order valence-electron chi connectivity index (χ1n) is 7.58. The lowest BCUT2D eigenvalue weighted by Crippen LogP contribution is -2.45. The maximum Gasteiger partial charge on any atom is 0.305 e. The second-order valence-corrected chi connectivity index (χ2v) is 6.60. The average molecular weight is 321 g/mol. The predicted octanol–water partition coefficient (Wildman–Crippen LogP) is 2.38. The summed E-state index contributed by atoms with van der Waals surface area (Å²) < 4.78 is 13.1. The molecular weight excluding hydrogens is 301 g/mol. The van der Waals surface area contributed by atoms with Gasteiger partial charge in [0.05, 0.1) is 5.69 Å². The normalized spacial score (nSPS) is 17.0. The summed E-state index contributed by atoms with van der Waals surface area (Å²) in [4.78, 5) is 20.4. The number of nitrogens with one attached hydrogen (secondary N) is 1. The van der Waals surface area contributed by atoms with Crippen molar-refractivity contribution in [3.8, 4) is 11.3 Å². The Balaban J connectivity index is 1.77. The molecule has 1 aliphatic heterocycles. The van der Waals surface area contributed by atoms with Crippen LogP contribution in [0.1, 0.15) is 11.8 Å². The van der Waals surface area contributed by atoms with E-state index in [0.29, 0.717) is 0 Å². The van der Waals surface area contributed by atoms with Crippen LogP contribution in [0.3, 0.4) is 0 Å². The molecule has 118 valence electrons. The van der Waals surface area contributed by atoms with Crippen molar-refractivity contribution in [3.05, 3.63) is 44.6 Å². The molecule has 1 saturated heterocycles. The summed E-state index contributed by atoms with van der Waals surface area (Å²) in [7, 11) is 0. The standard InChI is InChI=1S/C16H20FN3OS/c1-2-19-7-9-20(10-8-19)11-14-15(18-16(21)22-14)12-3-5-13(17)6-4-12/h3-6H,2,7-11H2,1H3,(H,18,21). The summed E-state index contributed by atoms with van der Waals surface area (Å²) in [6, 6.07) is 6.28. The van der Waals surface area contributed by atoms with Gasteiger partial charge in [-0.3, -0.25) is 9.69 Å². The number of aromatic nitrogens is 1. The smallest absolute Gasteiger partial charge is 0.305 e. The van der Waals surface area contributed by atoms with Crippen molar-refractivity contribution in [2.45, 2.75) is 13.5 Å². The van der Waals surface area contributed by atoms with E-state index in [2.05, 4.69) is 21.7 Å². The minimum absolute atomic E-state index is 0.0541. The molecule has 4 nitrogen and oxygen atoms in total. The van der Waals surface area contributed by atoms with Crippen LogP contribution in [0.2, 0.25) is 0 Å². The van der Waals surface area contributed by atoms with Gasteiger partial charge in [-0.1, -0.05) is 18.3 Å². The fourth-order valence-corrected chi connectivity index (χ4v) is 3.68. The summed E-state index contributed by atoms with van der Waals surface area (Å²) in [6.45, 7) is 8.22. The lowest BCUT2D eigenvalue weighted by atomic mass is 10.1. The molecule has 6 heteroatoms. The minimum Gasteiger partial charge on any atom is -0.312 e. The average Bonchev–Trinajstić information content (AvgIpc) is 2.89. The van der Waals surface area contributed by atoms with Crippen molar-refractivity contribution in [1.29, 1.82) is 0 Å². The van der Waals surface area contributed by atoms with E-state index in [4.69, 9.17) is 0 Å². The highest BCUT2D eigenvalue weighted by molar-refractivity contribution is 7.09. The van der Waals surface area contributed by atoms with E-state index in [1.165, 1.54) is 23.5 Å². The Morgan fingerprint density at radius 1 is 1.14 bits per heavy atom. The van der Waals surface area contributed by atoms with Crippen molar-refractivity contribution >= 4 is 11.3 Å². The van der Waals surface area contributed by atoms with E-state index in [1.54, 1.807) is 12.1 Å². The van der Waals surface area contributed by atoms with Crippen molar-refractivity contribution in [2.24, 2.45) is 0 Å². The van der Waals surface area contributed by atoms with Gasteiger partial charge < -0.3 is 9.88 Å². The highest BCUT2D eigenvalue weighted by atomic mass is 32.1. The Kier molecular flexibility index (Phi) is 4.71. The highest BCUT2D eigenvalue weighted by Gasteiger charge is 2.19. The third-order valence-corrected chi connectivity index (χ3v) is 5.00. The number of hydrogen-bond acceptors (Lipinski definition) is 4. The number of benzene rings is 1. The van der Waals surface area contributed by atoms with Crippen LogP contribution in [-0.2, 0) is 6.54 Å². The summed E-state index contributed by atoms with van der Waals surface area (Å²) >= 11 is 1.25. The molecule has 0 spiro atoms. The summed E-state index contributed by atoms with van der Waals surface area (Å²) in [5, 5.41) is 0. The monoisotopic (exact) mass is 321 g/mol. The van der Waals surface area contributed by atoms with Crippen LogP contribution in [0.15, 0.2) is 29.1 Å². The van der Waals surface area contributed by atoms with Gasteiger partial charge in [0.1, 0.15) is 5.82 Å². The van der Waals surface area contributed by atoms with E-state index >= 15 is 0 Å². The van der Waals surface area contributed by atoms with Gasteiger partial charge in [-0.2, -0.15) is 0 Å². The number of likely N-dealkylation sites (N-methyl/N-ethyl adjacent to an activating group) is 1. The topological polar surface area (TPSA) is 39.3 Å². The zero-order chi connectivity index (χ0) is 15.5. The fourth-order valence-electron chi connectivity index (χ4n) is 2.79. The van der Waals surface area contributed by atoms with Gasteiger partial charge in [-0.05, 0) is 36.4 Å². The van der Waals surface area contributed by atoms with E-state index in [9.17, 15) is 9.18 Å². The highest BCUT2D eigenvalue weighted by Crippen LogP contribution is 2.25. The Labute approximate surface area is 133 Å². The summed E-state index contributed by atoms with van der Waals surface area (Å²) in [5.74, 6) is -0.265. The largest absolute Gasteiger partial charge is 0.312 e. The van der Waals surface area contributed by atoms with Crippen LogP contribution >= 0.6 is 11.3 Å². The Morgan fingerprint density at radius 2 is 1.77 bits per heavy atom. The first-order chi connectivity index (χ1) is 10.7.